The molecule has 0 unspecified atom stereocenters. The fourth-order valence-corrected chi connectivity index (χ4v) is 0.582. The molecule has 0 aromatic heterocycles. The Bertz CT molecular complexity index is 202. The van der Waals surface area contributed by atoms with E-state index in [1.807, 2.05) is 0 Å². The molecule has 1 rings (SSSR count). The Morgan fingerprint density at radius 2 is 2.00 bits per heavy atom. The molecule has 1 radical (unpaired) electrons. The van der Waals surface area contributed by atoms with Crippen molar-refractivity contribution in [3.8, 4) is 0 Å². The molecule has 0 saturated carbocycles. The first-order valence-electron chi connectivity index (χ1n) is 2.22. The smallest absolute Gasteiger partial charge is 0.177 e. The molecular formula is C6H2ClF2. The third kappa shape index (κ3) is 1.19. The Labute approximate surface area is 56.1 Å². The van der Waals surface area contributed by atoms with E-state index in [9.17, 15) is 8.78 Å². The van der Waals surface area contributed by atoms with Crippen molar-refractivity contribution in [1.82, 2.24) is 0 Å². The molecular weight excluding hydrogens is 146 g/mol. The van der Waals surface area contributed by atoms with Crippen LogP contribution in [-0.4, -0.2) is 0 Å². The molecule has 0 atom stereocenters. The van der Waals surface area contributed by atoms with Gasteiger partial charge in [0.05, 0.1) is 5.02 Å². The van der Waals surface area contributed by atoms with Crippen molar-refractivity contribution in [2.24, 2.45) is 0 Å². The lowest BCUT2D eigenvalue weighted by Crippen LogP contribution is -1.82. The lowest BCUT2D eigenvalue weighted by atomic mass is 10.3. The molecule has 0 bridgehead atoms. The zero-order valence-corrected chi connectivity index (χ0v) is 5.04. The van der Waals surface area contributed by atoms with E-state index < -0.39 is 11.6 Å². The molecule has 0 saturated heterocycles. The van der Waals surface area contributed by atoms with Crippen molar-refractivity contribution >= 4 is 11.6 Å². The SMILES string of the molecule is Fc1c[c]cc(Cl)c1F. The normalized spacial score (nSPS) is 9.67. The molecule has 0 amide bonds. The molecule has 47 valence electrons. The molecule has 3 heteroatoms. The molecule has 1 aromatic rings. The summed E-state index contributed by atoms with van der Waals surface area (Å²) in [6.07, 6.45) is 0. The maximum Gasteiger partial charge on any atom is 0.177 e. The van der Waals surface area contributed by atoms with E-state index in [4.69, 9.17) is 11.6 Å². The summed E-state index contributed by atoms with van der Waals surface area (Å²) < 4.78 is 24.3. The topological polar surface area (TPSA) is 0 Å². The first-order valence-corrected chi connectivity index (χ1v) is 2.60. The Balaban J connectivity index is 3.25. The quantitative estimate of drug-likeness (QED) is 0.495. The summed E-state index contributed by atoms with van der Waals surface area (Å²) in [5, 5.41) is -0.241. The summed E-state index contributed by atoms with van der Waals surface area (Å²) in [5.74, 6) is -1.99. The molecule has 0 nitrogen and oxygen atoms in total. The summed E-state index contributed by atoms with van der Waals surface area (Å²) in [7, 11) is 0. The van der Waals surface area contributed by atoms with E-state index in [1.54, 1.807) is 0 Å². The second-order valence-electron chi connectivity index (χ2n) is 1.47. The lowest BCUT2D eigenvalue weighted by Gasteiger charge is -1.90. The fourth-order valence-electron chi connectivity index (χ4n) is 0.429. The predicted molar refractivity (Wildman–Crippen MR) is 30.2 cm³/mol. The van der Waals surface area contributed by atoms with Gasteiger partial charge in [-0.25, -0.2) is 8.78 Å². The van der Waals surface area contributed by atoms with Crippen LogP contribution >= 0.6 is 11.6 Å². The first kappa shape index (κ1) is 6.49. The van der Waals surface area contributed by atoms with E-state index in [2.05, 4.69) is 6.07 Å². The fraction of sp³-hybridized carbons (Fsp3) is 0. The minimum Gasteiger partial charge on any atom is -0.204 e. The van der Waals surface area contributed by atoms with E-state index in [-0.39, 0.29) is 5.02 Å². The van der Waals surface area contributed by atoms with Crippen molar-refractivity contribution in [2.45, 2.75) is 0 Å². The monoisotopic (exact) mass is 147 g/mol. The molecule has 1 aromatic carbocycles. The average molecular weight is 148 g/mol. The molecule has 0 aliphatic carbocycles. The third-order valence-electron chi connectivity index (χ3n) is 0.839. The lowest BCUT2D eigenvalue weighted by molar-refractivity contribution is 0.509. The van der Waals surface area contributed by atoms with Crippen LogP contribution in [0, 0.1) is 17.7 Å². The van der Waals surface area contributed by atoms with E-state index in [0.717, 1.165) is 6.07 Å². The van der Waals surface area contributed by atoms with Crippen LogP contribution in [0.3, 0.4) is 0 Å². The highest BCUT2D eigenvalue weighted by Crippen LogP contribution is 2.15. The van der Waals surface area contributed by atoms with Gasteiger partial charge < -0.3 is 0 Å². The van der Waals surface area contributed by atoms with Gasteiger partial charge in [-0.3, -0.25) is 0 Å². The minimum atomic E-state index is -1.02. The predicted octanol–water partition coefficient (Wildman–Crippen LogP) is 2.42. The number of benzene rings is 1. The second-order valence-corrected chi connectivity index (χ2v) is 1.87. The highest BCUT2D eigenvalue weighted by Gasteiger charge is 2.03. The van der Waals surface area contributed by atoms with Crippen LogP contribution < -0.4 is 0 Å². The van der Waals surface area contributed by atoms with Gasteiger partial charge >= 0.3 is 0 Å². The van der Waals surface area contributed by atoms with Gasteiger partial charge in [0, 0.05) is 0 Å². The summed E-state index contributed by atoms with van der Waals surface area (Å²) in [4.78, 5) is 0. The standard InChI is InChI=1S/C6H2ClF2/c7-4-2-1-3-5(8)6(4)9/h2-3H. The third-order valence-corrected chi connectivity index (χ3v) is 1.11. The van der Waals surface area contributed by atoms with Gasteiger partial charge in [-0.05, 0) is 18.2 Å². The zero-order valence-electron chi connectivity index (χ0n) is 4.29. The molecule has 0 spiro atoms. The molecule has 0 aliphatic rings. The number of rotatable bonds is 0. The second kappa shape index (κ2) is 2.31. The minimum absolute atomic E-state index is 0.241. The molecule has 9 heavy (non-hydrogen) atoms. The van der Waals surface area contributed by atoms with Gasteiger partial charge in [0.2, 0.25) is 0 Å². The van der Waals surface area contributed by atoms with Crippen LogP contribution in [0.25, 0.3) is 0 Å². The van der Waals surface area contributed by atoms with Crippen molar-refractivity contribution < 1.29 is 8.78 Å². The highest BCUT2D eigenvalue weighted by atomic mass is 35.5. The van der Waals surface area contributed by atoms with Crippen LogP contribution in [0.2, 0.25) is 5.02 Å². The Kier molecular flexibility index (Phi) is 1.67. The Morgan fingerprint density at radius 3 is 2.44 bits per heavy atom. The van der Waals surface area contributed by atoms with E-state index in [0.29, 0.717) is 0 Å². The first-order chi connectivity index (χ1) is 4.22. The maximum atomic E-state index is 12.2. The van der Waals surface area contributed by atoms with E-state index >= 15 is 0 Å². The Morgan fingerprint density at radius 1 is 1.33 bits per heavy atom. The van der Waals surface area contributed by atoms with Gasteiger partial charge in [0.15, 0.2) is 11.6 Å². The molecule has 0 heterocycles. The van der Waals surface area contributed by atoms with Gasteiger partial charge in [-0.1, -0.05) is 11.6 Å². The summed E-state index contributed by atoms with van der Waals surface area (Å²) >= 11 is 5.17. The van der Waals surface area contributed by atoms with Crippen molar-refractivity contribution in [1.29, 1.82) is 0 Å². The number of hydrogen-bond acceptors (Lipinski definition) is 0. The average Bonchev–Trinajstić information content (AvgIpc) is 1.83. The number of hydrogen-bond donors (Lipinski definition) is 0. The number of halogens is 3. The van der Waals surface area contributed by atoms with Crippen LogP contribution in [0.4, 0.5) is 8.78 Å². The molecule has 0 N–H and O–H groups in total. The molecule has 0 aliphatic heterocycles. The summed E-state index contributed by atoms with van der Waals surface area (Å²) in [5.41, 5.74) is 0. The van der Waals surface area contributed by atoms with Crippen LogP contribution in [0.15, 0.2) is 12.1 Å². The maximum absolute atomic E-state index is 12.2. The van der Waals surface area contributed by atoms with Crippen LogP contribution in [-0.2, 0) is 0 Å². The Hall–Kier alpha value is -0.630. The van der Waals surface area contributed by atoms with Crippen LogP contribution in [0.1, 0.15) is 0 Å². The van der Waals surface area contributed by atoms with E-state index in [1.165, 1.54) is 6.07 Å². The van der Waals surface area contributed by atoms with Crippen molar-refractivity contribution in [2.75, 3.05) is 0 Å². The summed E-state index contributed by atoms with van der Waals surface area (Å²) in [6.45, 7) is 0. The van der Waals surface area contributed by atoms with Gasteiger partial charge in [-0.15, -0.1) is 0 Å². The van der Waals surface area contributed by atoms with Gasteiger partial charge in [0.1, 0.15) is 0 Å². The van der Waals surface area contributed by atoms with Gasteiger partial charge in [0.25, 0.3) is 0 Å². The van der Waals surface area contributed by atoms with Crippen LogP contribution in [0.5, 0.6) is 0 Å². The van der Waals surface area contributed by atoms with Gasteiger partial charge in [-0.2, -0.15) is 0 Å². The summed E-state index contributed by atoms with van der Waals surface area (Å²) in [6, 6.07) is 4.38. The largest absolute Gasteiger partial charge is 0.204 e. The van der Waals surface area contributed by atoms with Crippen molar-refractivity contribution in [3.05, 3.63) is 34.9 Å². The zero-order chi connectivity index (χ0) is 6.85. The molecule has 0 fully saturated rings. The van der Waals surface area contributed by atoms with Crippen molar-refractivity contribution in [3.63, 3.8) is 0 Å². The highest BCUT2D eigenvalue weighted by molar-refractivity contribution is 6.30.